The van der Waals surface area contributed by atoms with Crippen LogP contribution in [0.2, 0.25) is 0 Å². The zero-order valence-electron chi connectivity index (χ0n) is 16.0. The number of anilines is 1. The minimum Gasteiger partial charge on any atom is -0.488 e. The quantitative estimate of drug-likeness (QED) is 0.371. The highest BCUT2D eigenvalue weighted by Crippen LogP contribution is 2.23. The van der Waals surface area contributed by atoms with E-state index in [0.717, 1.165) is 15.6 Å². The summed E-state index contributed by atoms with van der Waals surface area (Å²) in [6.45, 7) is 2.32. The number of para-hydroxylation sites is 1. The molecule has 0 unspecified atom stereocenters. The third kappa shape index (κ3) is 6.76. The summed E-state index contributed by atoms with van der Waals surface area (Å²) in [6, 6.07) is 23.0. The summed E-state index contributed by atoms with van der Waals surface area (Å²) in [5.74, 6) is 0.397. The molecule has 0 atom stereocenters. The molecule has 0 spiro atoms. The van der Waals surface area contributed by atoms with Gasteiger partial charge in [0.15, 0.2) is 6.61 Å². The topological polar surface area (TPSA) is 59.9 Å². The van der Waals surface area contributed by atoms with Crippen LogP contribution in [-0.4, -0.2) is 18.7 Å². The molecule has 3 rings (SSSR count). The van der Waals surface area contributed by atoms with E-state index in [1.54, 1.807) is 12.1 Å². The summed E-state index contributed by atoms with van der Waals surface area (Å²) < 4.78 is 6.82. The lowest BCUT2D eigenvalue weighted by molar-refractivity contribution is -0.120. The third-order valence-corrected chi connectivity index (χ3v) is 4.50. The van der Waals surface area contributed by atoms with Crippen molar-refractivity contribution in [1.29, 1.82) is 0 Å². The molecule has 0 aliphatic heterocycles. The second-order valence-electron chi connectivity index (χ2n) is 6.38. The molecule has 3 aromatic rings. The molecule has 3 aromatic carbocycles. The van der Waals surface area contributed by atoms with Crippen LogP contribution in [0.5, 0.6) is 5.75 Å². The molecule has 148 valence electrons. The number of halogens is 1. The fourth-order valence-electron chi connectivity index (χ4n) is 2.51. The Morgan fingerprint density at radius 2 is 1.83 bits per heavy atom. The zero-order valence-corrected chi connectivity index (χ0v) is 17.6. The summed E-state index contributed by atoms with van der Waals surface area (Å²) in [5.41, 5.74) is 3.74. The Morgan fingerprint density at radius 1 is 1.07 bits per heavy atom. The number of benzene rings is 3. The van der Waals surface area contributed by atoms with Crippen LogP contribution in [0.3, 0.4) is 0 Å². The lowest BCUT2D eigenvalue weighted by Crippen LogP contribution is -2.16. The van der Waals surface area contributed by atoms with Crippen molar-refractivity contribution < 1.29 is 14.4 Å². The SMILES string of the molecule is Cc1ccc(COc2ccc(Br)cc2/C=N/OCC(=O)Nc2ccccc2)cc1. The first-order valence-corrected chi connectivity index (χ1v) is 9.87. The van der Waals surface area contributed by atoms with Crippen LogP contribution in [-0.2, 0) is 16.2 Å². The molecule has 0 bridgehead atoms. The van der Waals surface area contributed by atoms with Crippen LogP contribution in [0.25, 0.3) is 0 Å². The van der Waals surface area contributed by atoms with Gasteiger partial charge in [0.2, 0.25) is 0 Å². The maximum Gasteiger partial charge on any atom is 0.265 e. The fraction of sp³-hybridized carbons (Fsp3) is 0.130. The molecule has 6 heteroatoms. The molecule has 0 aliphatic carbocycles. The van der Waals surface area contributed by atoms with Gasteiger partial charge in [0, 0.05) is 15.7 Å². The highest BCUT2D eigenvalue weighted by atomic mass is 79.9. The molecule has 0 aromatic heterocycles. The molecular weight excluding hydrogens is 432 g/mol. The fourth-order valence-corrected chi connectivity index (χ4v) is 2.88. The molecule has 29 heavy (non-hydrogen) atoms. The second kappa shape index (κ2) is 10.4. The predicted octanol–water partition coefficient (Wildman–Crippen LogP) is 5.33. The Kier molecular flexibility index (Phi) is 7.41. The van der Waals surface area contributed by atoms with Crippen LogP contribution in [0.15, 0.2) is 82.4 Å². The zero-order chi connectivity index (χ0) is 20.5. The minimum absolute atomic E-state index is 0.182. The number of rotatable bonds is 8. The van der Waals surface area contributed by atoms with Crippen LogP contribution in [0.1, 0.15) is 16.7 Å². The van der Waals surface area contributed by atoms with Gasteiger partial charge in [-0.15, -0.1) is 0 Å². The van der Waals surface area contributed by atoms with Gasteiger partial charge in [-0.3, -0.25) is 4.79 Å². The number of carbonyl (C=O) groups is 1. The van der Waals surface area contributed by atoms with Crippen LogP contribution >= 0.6 is 15.9 Å². The number of oxime groups is 1. The number of carbonyl (C=O) groups excluding carboxylic acids is 1. The molecule has 0 saturated carbocycles. The van der Waals surface area contributed by atoms with E-state index in [2.05, 4.69) is 38.5 Å². The minimum atomic E-state index is -0.279. The monoisotopic (exact) mass is 452 g/mol. The maximum absolute atomic E-state index is 11.9. The van der Waals surface area contributed by atoms with E-state index in [0.29, 0.717) is 18.0 Å². The van der Waals surface area contributed by atoms with E-state index in [9.17, 15) is 4.79 Å². The second-order valence-corrected chi connectivity index (χ2v) is 7.29. The molecule has 0 fully saturated rings. The molecule has 0 radical (unpaired) electrons. The highest BCUT2D eigenvalue weighted by Gasteiger charge is 2.05. The summed E-state index contributed by atoms with van der Waals surface area (Å²) in [5, 5.41) is 6.64. The molecule has 1 amide bonds. The van der Waals surface area contributed by atoms with Crippen LogP contribution in [0.4, 0.5) is 5.69 Å². The van der Waals surface area contributed by atoms with Gasteiger partial charge in [-0.1, -0.05) is 69.1 Å². The number of hydrogen-bond donors (Lipinski definition) is 1. The Bertz CT molecular complexity index is 973. The lowest BCUT2D eigenvalue weighted by atomic mass is 10.1. The normalized spacial score (nSPS) is 10.7. The Morgan fingerprint density at radius 3 is 2.59 bits per heavy atom. The first-order chi connectivity index (χ1) is 14.1. The number of ether oxygens (including phenoxy) is 1. The van der Waals surface area contributed by atoms with E-state index in [1.165, 1.54) is 11.8 Å². The Hall–Kier alpha value is -3.12. The number of hydrogen-bond acceptors (Lipinski definition) is 4. The van der Waals surface area contributed by atoms with E-state index in [-0.39, 0.29) is 12.5 Å². The van der Waals surface area contributed by atoms with Crippen molar-refractivity contribution in [3.05, 3.63) is 94.0 Å². The number of nitrogens with one attached hydrogen (secondary N) is 1. The average molecular weight is 453 g/mol. The molecular formula is C23H21BrN2O3. The molecule has 5 nitrogen and oxygen atoms in total. The largest absolute Gasteiger partial charge is 0.488 e. The summed E-state index contributed by atoms with van der Waals surface area (Å²) >= 11 is 3.45. The van der Waals surface area contributed by atoms with E-state index in [4.69, 9.17) is 9.57 Å². The van der Waals surface area contributed by atoms with Gasteiger partial charge in [-0.2, -0.15) is 0 Å². The highest BCUT2D eigenvalue weighted by molar-refractivity contribution is 9.10. The van der Waals surface area contributed by atoms with Crippen molar-refractivity contribution in [1.82, 2.24) is 0 Å². The summed E-state index contributed by atoms with van der Waals surface area (Å²) in [4.78, 5) is 17.0. The van der Waals surface area contributed by atoms with Crippen molar-refractivity contribution in [2.75, 3.05) is 11.9 Å². The smallest absolute Gasteiger partial charge is 0.265 e. The van der Waals surface area contributed by atoms with E-state index >= 15 is 0 Å². The number of amides is 1. The van der Waals surface area contributed by atoms with Crippen LogP contribution < -0.4 is 10.1 Å². The molecule has 0 saturated heterocycles. The van der Waals surface area contributed by atoms with Crippen LogP contribution in [0, 0.1) is 6.92 Å². The maximum atomic E-state index is 11.9. The summed E-state index contributed by atoms with van der Waals surface area (Å²) in [7, 11) is 0. The molecule has 0 aliphatic rings. The molecule has 0 heterocycles. The van der Waals surface area contributed by atoms with E-state index < -0.39 is 0 Å². The standard InChI is InChI=1S/C23H21BrN2O3/c1-17-7-9-18(10-8-17)15-28-22-12-11-20(24)13-19(22)14-25-29-16-23(27)26-21-5-3-2-4-6-21/h2-14H,15-16H2,1H3,(H,26,27)/b25-14+. The van der Waals surface area contributed by atoms with Crippen molar-refractivity contribution in [2.24, 2.45) is 5.16 Å². The lowest BCUT2D eigenvalue weighted by Gasteiger charge is -2.10. The number of aryl methyl sites for hydroxylation is 1. The van der Waals surface area contributed by atoms with Crippen molar-refractivity contribution in [3.8, 4) is 5.75 Å². The first kappa shape index (κ1) is 20.6. The summed E-state index contributed by atoms with van der Waals surface area (Å²) in [6.07, 6.45) is 1.53. The first-order valence-electron chi connectivity index (χ1n) is 9.08. The van der Waals surface area contributed by atoms with Crippen molar-refractivity contribution in [3.63, 3.8) is 0 Å². The van der Waals surface area contributed by atoms with Crippen molar-refractivity contribution >= 4 is 33.7 Å². The number of nitrogens with zero attached hydrogens (tertiary/aromatic N) is 1. The average Bonchev–Trinajstić information content (AvgIpc) is 2.72. The van der Waals surface area contributed by atoms with Gasteiger partial charge in [-0.05, 0) is 42.8 Å². The van der Waals surface area contributed by atoms with Gasteiger partial charge in [0.25, 0.3) is 5.91 Å². The van der Waals surface area contributed by atoms with Gasteiger partial charge in [0.05, 0.1) is 6.21 Å². The van der Waals surface area contributed by atoms with E-state index in [1.807, 2.05) is 55.5 Å². The third-order valence-electron chi connectivity index (χ3n) is 4.01. The van der Waals surface area contributed by atoms with Gasteiger partial charge in [-0.25, -0.2) is 0 Å². The van der Waals surface area contributed by atoms with Gasteiger partial charge in [0.1, 0.15) is 12.4 Å². The van der Waals surface area contributed by atoms with Gasteiger partial charge >= 0.3 is 0 Å². The van der Waals surface area contributed by atoms with Gasteiger partial charge < -0.3 is 14.9 Å². The molecule has 1 N–H and O–H groups in total. The Labute approximate surface area is 178 Å². The Balaban J connectivity index is 1.55. The predicted molar refractivity (Wildman–Crippen MR) is 118 cm³/mol. The van der Waals surface area contributed by atoms with Crippen molar-refractivity contribution in [2.45, 2.75) is 13.5 Å².